The summed E-state index contributed by atoms with van der Waals surface area (Å²) >= 11 is 0. The number of hydrogen-bond donors (Lipinski definition) is 2. The Labute approximate surface area is 191 Å². The van der Waals surface area contributed by atoms with Gasteiger partial charge in [-0.2, -0.15) is 0 Å². The van der Waals surface area contributed by atoms with E-state index in [0.717, 1.165) is 18.4 Å². The molecule has 4 rings (SSSR count). The Kier molecular flexibility index (Phi) is 7.28. The van der Waals surface area contributed by atoms with Crippen LogP contribution in [0.5, 0.6) is 0 Å². The van der Waals surface area contributed by atoms with E-state index in [0.29, 0.717) is 32.5 Å². The molecule has 1 aliphatic heterocycles. The summed E-state index contributed by atoms with van der Waals surface area (Å²) in [5.74, 6) is 0.0125. The monoisotopic (exact) mass is 455 g/mol. The lowest BCUT2D eigenvalue weighted by atomic mass is 9.89. The fraction of sp³-hybridized carbons (Fsp3) is 0.480. The summed E-state index contributed by atoms with van der Waals surface area (Å²) in [5, 5.41) is 3.13. The molecular weight excluding hydrogens is 422 g/mol. The van der Waals surface area contributed by atoms with Crippen LogP contribution in [0.2, 0.25) is 0 Å². The molecule has 2 aromatic carbocycles. The molecule has 6 nitrogen and oxygen atoms in total. The SMILES string of the molecule is C[C@@H](NC(=O)CN1CCC(NS(=O)(=O)c2ccccc2)CC1)c1ccc2c(c1)CCCC2. The quantitative estimate of drug-likeness (QED) is 0.672. The molecule has 1 aliphatic carbocycles. The number of fused-ring (bicyclic) bond motifs is 1. The van der Waals surface area contributed by atoms with Gasteiger partial charge in [0.1, 0.15) is 0 Å². The molecule has 1 fully saturated rings. The zero-order chi connectivity index (χ0) is 22.6. The number of likely N-dealkylation sites (tertiary alicyclic amines) is 1. The van der Waals surface area contributed by atoms with Gasteiger partial charge < -0.3 is 5.32 Å². The van der Waals surface area contributed by atoms with E-state index in [1.54, 1.807) is 30.3 Å². The maximum absolute atomic E-state index is 12.6. The molecule has 1 saturated heterocycles. The Balaban J connectivity index is 1.24. The number of piperidine rings is 1. The van der Waals surface area contributed by atoms with Crippen molar-refractivity contribution >= 4 is 15.9 Å². The number of carbonyl (C=O) groups excluding carboxylic acids is 1. The van der Waals surface area contributed by atoms with E-state index in [4.69, 9.17) is 0 Å². The number of amides is 1. The van der Waals surface area contributed by atoms with E-state index < -0.39 is 10.0 Å². The van der Waals surface area contributed by atoms with Crippen LogP contribution in [0, 0.1) is 0 Å². The van der Waals surface area contributed by atoms with Crippen molar-refractivity contribution < 1.29 is 13.2 Å². The first-order valence-electron chi connectivity index (χ1n) is 11.6. The van der Waals surface area contributed by atoms with Crippen LogP contribution in [0.15, 0.2) is 53.4 Å². The first-order chi connectivity index (χ1) is 15.4. The molecule has 0 spiro atoms. The van der Waals surface area contributed by atoms with Crippen LogP contribution in [-0.4, -0.2) is 44.9 Å². The molecule has 0 radical (unpaired) electrons. The number of nitrogens with zero attached hydrogens (tertiary/aromatic N) is 1. The highest BCUT2D eigenvalue weighted by molar-refractivity contribution is 7.89. The zero-order valence-electron chi connectivity index (χ0n) is 18.7. The van der Waals surface area contributed by atoms with E-state index >= 15 is 0 Å². The highest BCUT2D eigenvalue weighted by Crippen LogP contribution is 2.25. The van der Waals surface area contributed by atoms with Crippen LogP contribution >= 0.6 is 0 Å². The minimum Gasteiger partial charge on any atom is -0.348 e. The second kappa shape index (κ2) is 10.1. The third-order valence-corrected chi connectivity index (χ3v) is 8.12. The average molecular weight is 456 g/mol. The Hall–Kier alpha value is -2.22. The summed E-state index contributed by atoms with van der Waals surface area (Å²) in [6.45, 7) is 3.77. The van der Waals surface area contributed by atoms with Crippen molar-refractivity contribution in [2.75, 3.05) is 19.6 Å². The van der Waals surface area contributed by atoms with Crippen LogP contribution in [0.3, 0.4) is 0 Å². The van der Waals surface area contributed by atoms with Crippen molar-refractivity contribution in [2.24, 2.45) is 0 Å². The second-order valence-corrected chi connectivity index (χ2v) is 10.7. The van der Waals surface area contributed by atoms with Crippen LogP contribution < -0.4 is 10.0 Å². The van der Waals surface area contributed by atoms with Gasteiger partial charge in [0.15, 0.2) is 0 Å². The summed E-state index contributed by atoms with van der Waals surface area (Å²) < 4.78 is 27.8. The van der Waals surface area contributed by atoms with Gasteiger partial charge in [-0.05, 0) is 74.3 Å². The summed E-state index contributed by atoms with van der Waals surface area (Å²) in [7, 11) is -3.50. The number of carbonyl (C=O) groups is 1. The minimum absolute atomic E-state index is 0.0125. The number of benzene rings is 2. The van der Waals surface area contributed by atoms with Gasteiger partial charge in [-0.25, -0.2) is 13.1 Å². The lowest BCUT2D eigenvalue weighted by Crippen LogP contribution is -2.47. The zero-order valence-corrected chi connectivity index (χ0v) is 19.5. The Morgan fingerprint density at radius 1 is 1.03 bits per heavy atom. The Morgan fingerprint density at radius 2 is 1.72 bits per heavy atom. The molecule has 2 aliphatic rings. The van der Waals surface area contributed by atoms with Gasteiger partial charge in [-0.15, -0.1) is 0 Å². The smallest absolute Gasteiger partial charge is 0.240 e. The first-order valence-corrected chi connectivity index (χ1v) is 13.1. The van der Waals surface area contributed by atoms with Crippen LogP contribution in [-0.2, 0) is 27.7 Å². The highest BCUT2D eigenvalue weighted by atomic mass is 32.2. The van der Waals surface area contributed by atoms with Gasteiger partial charge in [0.25, 0.3) is 0 Å². The molecule has 1 amide bonds. The van der Waals surface area contributed by atoms with E-state index in [1.165, 1.54) is 24.0 Å². The number of rotatable bonds is 7. The van der Waals surface area contributed by atoms with E-state index in [9.17, 15) is 13.2 Å². The van der Waals surface area contributed by atoms with Gasteiger partial charge in [-0.1, -0.05) is 36.4 Å². The summed E-state index contributed by atoms with van der Waals surface area (Å²) in [6.07, 6.45) is 6.19. The molecule has 0 unspecified atom stereocenters. The van der Waals surface area contributed by atoms with E-state index in [-0.39, 0.29) is 22.9 Å². The fourth-order valence-electron chi connectivity index (χ4n) is 4.69. The lowest BCUT2D eigenvalue weighted by Gasteiger charge is -2.32. The van der Waals surface area contributed by atoms with E-state index in [2.05, 4.69) is 33.1 Å². The summed E-state index contributed by atoms with van der Waals surface area (Å²) in [6, 6.07) is 14.9. The van der Waals surface area contributed by atoms with Gasteiger partial charge in [-0.3, -0.25) is 9.69 Å². The first kappa shape index (κ1) is 23.0. The molecule has 32 heavy (non-hydrogen) atoms. The average Bonchev–Trinajstić information content (AvgIpc) is 2.80. The molecule has 172 valence electrons. The van der Waals surface area contributed by atoms with Gasteiger partial charge in [0.05, 0.1) is 17.5 Å². The highest BCUT2D eigenvalue weighted by Gasteiger charge is 2.25. The van der Waals surface area contributed by atoms with Crippen molar-refractivity contribution in [1.82, 2.24) is 14.9 Å². The molecule has 1 heterocycles. The maximum atomic E-state index is 12.6. The molecule has 0 saturated carbocycles. The fourth-order valence-corrected chi connectivity index (χ4v) is 6.02. The molecule has 2 N–H and O–H groups in total. The van der Waals surface area contributed by atoms with Crippen molar-refractivity contribution in [3.05, 3.63) is 65.2 Å². The number of hydrogen-bond acceptors (Lipinski definition) is 4. The van der Waals surface area contributed by atoms with Gasteiger partial charge in [0.2, 0.25) is 15.9 Å². The lowest BCUT2D eigenvalue weighted by molar-refractivity contribution is -0.123. The van der Waals surface area contributed by atoms with Crippen molar-refractivity contribution in [3.63, 3.8) is 0 Å². The Morgan fingerprint density at radius 3 is 2.44 bits per heavy atom. The van der Waals surface area contributed by atoms with Crippen LogP contribution in [0.25, 0.3) is 0 Å². The van der Waals surface area contributed by atoms with Crippen LogP contribution in [0.4, 0.5) is 0 Å². The van der Waals surface area contributed by atoms with Gasteiger partial charge in [0, 0.05) is 19.1 Å². The van der Waals surface area contributed by atoms with Crippen LogP contribution in [0.1, 0.15) is 55.3 Å². The number of aryl methyl sites for hydroxylation is 2. The maximum Gasteiger partial charge on any atom is 0.240 e. The second-order valence-electron chi connectivity index (χ2n) is 9.01. The topological polar surface area (TPSA) is 78.5 Å². The number of nitrogens with one attached hydrogen (secondary N) is 2. The molecule has 7 heteroatoms. The standard InChI is InChI=1S/C25H33N3O3S/c1-19(21-12-11-20-7-5-6-8-22(20)17-21)26-25(29)18-28-15-13-23(14-16-28)27-32(30,31)24-9-3-2-4-10-24/h2-4,9-12,17,19,23,27H,5-8,13-16,18H2,1H3,(H,26,29)/t19-/m1/s1. The number of sulfonamides is 1. The normalized spacial score (nSPS) is 18.7. The summed E-state index contributed by atoms with van der Waals surface area (Å²) in [4.78, 5) is 15.0. The Bertz CT molecular complexity index is 1030. The van der Waals surface area contributed by atoms with Crippen molar-refractivity contribution in [1.29, 1.82) is 0 Å². The predicted octanol–water partition coefficient (Wildman–Crippen LogP) is 3.19. The molecule has 0 aromatic heterocycles. The molecule has 0 bridgehead atoms. The minimum atomic E-state index is -3.50. The van der Waals surface area contributed by atoms with Gasteiger partial charge >= 0.3 is 0 Å². The molecule has 2 aromatic rings. The molecular formula is C25H33N3O3S. The largest absolute Gasteiger partial charge is 0.348 e. The predicted molar refractivity (Wildman–Crippen MR) is 126 cm³/mol. The summed E-state index contributed by atoms with van der Waals surface area (Å²) in [5.41, 5.74) is 4.03. The van der Waals surface area contributed by atoms with Crippen molar-refractivity contribution in [3.8, 4) is 0 Å². The van der Waals surface area contributed by atoms with Crippen molar-refractivity contribution in [2.45, 2.75) is 62.4 Å². The third kappa shape index (κ3) is 5.77. The third-order valence-electron chi connectivity index (χ3n) is 6.58. The van der Waals surface area contributed by atoms with E-state index in [1.807, 2.05) is 6.92 Å². The molecule has 1 atom stereocenters.